The van der Waals surface area contributed by atoms with E-state index in [1.807, 2.05) is 36.0 Å². The summed E-state index contributed by atoms with van der Waals surface area (Å²) < 4.78 is 1.71. The molecule has 1 fully saturated rings. The van der Waals surface area contributed by atoms with E-state index in [2.05, 4.69) is 38.0 Å². The molecule has 4 nitrogen and oxygen atoms in total. The third-order valence-corrected chi connectivity index (χ3v) is 5.38. The maximum atomic E-state index is 12.9. The summed E-state index contributed by atoms with van der Waals surface area (Å²) in [5.41, 5.74) is 1.57. The first-order chi connectivity index (χ1) is 9.77. The van der Waals surface area contributed by atoms with E-state index < -0.39 is 0 Å². The van der Waals surface area contributed by atoms with Crippen LogP contribution in [0, 0.1) is 5.92 Å². The highest BCUT2D eigenvalue weighted by atomic mass is 32.2. The first kappa shape index (κ1) is 14.6. The van der Waals surface area contributed by atoms with E-state index in [-0.39, 0.29) is 21.3 Å². The highest BCUT2D eigenvalue weighted by Crippen LogP contribution is 2.49. The largest absolute Gasteiger partial charge is 0.272 e. The van der Waals surface area contributed by atoms with Crippen LogP contribution in [-0.2, 0) is 0 Å². The zero-order valence-electron chi connectivity index (χ0n) is 13.0. The molecule has 112 valence electrons. The Morgan fingerprint density at radius 2 is 1.81 bits per heavy atom. The van der Waals surface area contributed by atoms with Crippen molar-refractivity contribution >= 4 is 28.7 Å². The molecule has 0 spiro atoms. The van der Waals surface area contributed by atoms with Crippen LogP contribution in [0.1, 0.15) is 45.3 Å². The van der Waals surface area contributed by atoms with Crippen molar-refractivity contribution in [2.75, 3.05) is 0 Å². The summed E-state index contributed by atoms with van der Waals surface area (Å²) in [6.45, 7) is 8.88. The number of rotatable bonds is 1. The van der Waals surface area contributed by atoms with Crippen molar-refractivity contribution in [3.63, 3.8) is 0 Å². The minimum atomic E-state index is 0.00126. The lowest BCUT2D eigenvalue weighted by Gasteiger charge is -2.43. The van der Waals surface area contributed by atoms with E-state index in [9.17, 15) is 4.79 Å². The van der Waals surface area contributed by atoms with Gasteiger partial charge in [0.05, 0.1) is 5.52 Å². The van der Waals surface area contributed by atoms with Crippen LogP contribution in [0.4, 0.5) is 0 Å². The Kier molecular flexibility index (Phi) is 3.35. The van der Waals surface area contributed by atoms with Crippen molar-refractivity contribution in [3.05, 3.63) is 24.3 Å². The van der Waals surface area contributed by atoms with Crippen molar-refractivity contribution in [1.29, 1.82) is 0 Å². The summed E-state index contributed by atoms with van der Waals surface area (Å²) in [5, 5.41) is 8.17. The molecule has 1 aliphatic heterocycles. The quantitative estimate of drug-likeness (QED) is 0.804. The zero-order chi connectivity index (χ0) is 15.3. The van der Waals surface area contributed by atoms with Gasteiger partial charge in [0.25, 0.3) is 5.91 Å². The van der Waals surface area contributed by atoms with Crippen molar-refractivity contribution in [1.82, 2.24) is 15.0 Å². The summed E-state index contributed by atoms with van der Waals surface area (Å²) in [5.74, 6) is 0.0755. The number of aromatic nitrogens is 3. The van der Waals surface area contributed by atoms with E-state index in [1.165, 1.54) is 4.68 Å². The first-order valence-electron chi connectivity index (χ1n) is 7.32. The van der Waals surface area contributed by atoms with Crippen LogP contribution in [0.3, 0.4) is 0 Å². The molecule has 1 aromatic heterocycles. The number of fused-ring (bicyclic) bond motifs is 1. The van der Waals surface area contributed by atoms with E-state index in [1.54, 1.807) is 0 Å². The molecule has 0 atom stereocenters. The standard InChI is InChI=1S/C16H21N3OS/c1-15(2)9-11(10-16(3,4)21-15)14(20)19-13-8-6-5-7-12(13)17-18-19/h5-8,11H,9-10H2,1-4H3. The van der Waals surface area contributed by atoms with Crippen LogP contribution < -0.4 is 0 Å². The Labute approximate surface area is 129 Å². The van der Waals surface area contributed by atoms with Crippen molar-refractivity contribution in [2.45, 2.75) is 50.0 Å². The molecule has 3 rings (SSSR count). The van der Waals surface area contributed by atoms with Gasteiger partial charge in [-0.15, -0.1) is 16.9 Å². The molecule has 0 bridgehead atoms. The van der Waals surface area contributed by atoms with E-state index in [0.29, 0.717) is 0 Å². The van der Waals surface area contributed by atoms with Crippen molar-refractivity contribution < 1.29 is 4.79 Å². The molecule has 0 saturated carbocycles. The Morgan fingerprint density at radius 1 is 1.19 bits per heavy atom. The molecule has 1 saturated heterocycles. The van der Waals surface area contributed by atoms with Gasteiger partial charge in [0, 0.05) is 15.4 Å². The average molecular weight is 303 g/mol. The highest BCUT2D eigenvalue weighted by Gasteiger charge is 2.42. The number of carbonyl (C=O) groups is 1. The molecular formula is C16H21N3OS. The summed E-state index contributed by atoms with van der Waals surface area (Å²) in [4.78, 5) is 12.9. The smallest absolute Gasteiger partial charge is 0.252 e. The number of carbonyl (C=O) groups excluding carboxylic acids is 1. The van der Waals surface area contributed by atoms with Crippen molar-refractivity contribution in [2.24, 2.45) is 5.92 Å². The number of para-hydroxylation sites is 1. The van der Waals surface area contributed by atoms with Crippen LogP contribution in [-0.4, -0.2) is 30.4 Å². The van der Waals surface area contributed by atoms with Crippen LogP contribution >= 0.6 is 11.8 Å². The number of hydrogen-bond donors (Lipinski definition) is 0. The Morgan fingerprint density at radius 3 is 2.48 bits per heavy atom. The minimum absolute atomic E-state index is 0.00126. The van der Waals surface area contributed by atoms with E-state index in [4.69, 9.17) is 0 Å². The maximum absolute atomic E-state index is 12.9. The van der Waals surface area contributed by atoms with E-state index >= 15 is 0 Å². The molecule has 0 radical (unpaired) electrons. The molecule has 2 heterocycles. The number of hydrogen-bond acceptors (Lipinski definition) is 4. The number of nitrogens with zero attached hydrogens (tertiary/aromatic N) is 3. The molecule has 5 heteroatoms. The number of thioether (sulfide) groups is 1. The summed E-state index contributed by atoms with van der Waals surface area (Å²) in [6.07, 6.45) is 1.77. The Hall–Kier alpha value is -1.36. The summed E-state index contributed by atoms with van der Waals surface area (Å²) in [6, 6.07) is 7.62. The fourth-order valence-electron chi connectivity index (χ4n) is 3.47. The Balaban J connectivity index is 1.94. The normalized spacial score (nSPS) is 21.5. The molecule has 0 amide bonds. The lowest BCUT2D eigenvalue weighted by atomic mass is 9.86. The van der Waals surface area contributed by atoms with Crippen LogP contribution in [0.5, 0.6) is 0 Å². The second-order valence-electron chi connectivity index (χ2n) is 7.05. The van der Waals surface area contributed by atoms with Gasteiger partial charge in [0.1, 0.15) is 5.52 Å². The maximum Gasteiger partial charge on any atom is 0.252 e. The van der Waals surface area contributed by atoms with Gasteiger partial charge < -0.3 is 0 Å². The van der Waals surface area contributed by atoms with Gasteiger partial charge in [-0.3, -0.25) is 4.79 Å². The van der Waals surface area contributed by atoms with Gasteiger partial charge in [-0.05, 0) is 25.0 Å². The topological polar surface area (TPSA) is 47.8 Å². The fourth-order valence-corrected chi connectivity index (χ4v) is 5.53. The number of benzene rings is 1. The van der Waals surface area contributed by atoms with E-state index in [0.717, 1.165) is 23.9 Å². The predicted molar refractivity (Wildman–Crippen MR) is 86.6 cm³/mol. The average Bonchev–Trinajstić information content (AvgIpc) is 2.78. The zero-order valence-corrected chi connectivity index (χ0v) is 13.8. The molecule has 1 aliphatic rings. The molecule has 1 aromatic carbocycles. The lowest BCUT2D eigenvalue weighted by Crippen LogP contribution is -2.41. The molecular weight excluding hydrogens is 282 g/mol. The van der Waals surface area contributed by atoms with Crippen molar-refractivity contribution in [3.8, 4) is 0 Å². The molecule has 21 heavy (non-hydrogen) atoms. The third-order valence-electron chi connectivity index (χ3n) is 3.94. The second-order valence-corrected chi connectivity index (χ2v) is 9.47. The summed E-state index contributed by atoms with van der Waals surface area (Å²) >= 11 is 1.97. The van der Waals surface area contributed by atoms with Crippen LogP contribution in [0.2, 0.25) is 0 Å². The van der Waals surface area contributed by atoms with Gasteiger partial charge in [0.15, 0.2) is 0 Å². The fraction of sp³-hybridized carbons (Fsp3) is 0.562. The SMILES string of the molecule is CC1(C)CC(C(=O)n2nnc3ccccc32)CC(C)(C)S1. The van der Waals surface area contributed by atoms with Crippen LogP contribution in [0.15, 0.2) is 24.3 Å². The van der Waals surface area contributed by atoms with Gasteiger partial charge in [-0.1, -0.05) is 45.0 Å². The third kappa shape index (κ3) is 2.84. The van der Waals surface area contributed by atoms with Gasteiger partial charge in [0.2, 0.25) is 0 Å². The van der Waals surface area contributed by atoms with Crippen LogP contribution in [0.25, 0.3) is 11.0 Å². The molecule has 0 N–H and O–H groups in total. The molecule has 0 aliphatic carbocycles. The van der Waals surface area contributed by atoms with Gasteiger partial charge >= 0.3 is 0 Å². The second kappa shape index (κ2) is 4.83. The minimum Gasteiger partial charge on any atom is -0.272 e. The summed E-state index contributed by atoms with van der Waals surface area (Å²) in [7, 11) is 0. The van der Waals surface area contributed by atoms with Gasteiger partial charge in [-0.2, -0.15) is 4.68 Å². The first-order valence-corrected chi connectivity index (χ1v) is 8.14. The molecule has 0 unspecified atom stereocenters. The molecule has 2 aromatic rings. The highest BCUT2D eigenvalue weighted by molar-refractivity contribution is 8.01. The van der Waals surface area contributed by atoms with Gasteiger partial charge in [-0.25, -0.2) is 0 Å². The predicted octanol–water partition coefficient (Wildman–Crippen LogP) is 3.77. The lowest BCUT2D eigenvalue weighted by molar-refractivity contribution is 0.0785. The Bertz CT molecular complexity index is 674. The monoisotopic (exact) mass is 303 g/mol.